The second-order valence-electron chi connectivity index (χ2n) is 4.36. The van der Waals surface area contributed by atoms with Crippen LogP contribution in [-0.4, -0.2) is 22.0 Å². The molecule has 0 saturated heterocycles. The van der Waals surface area contributed by atoms with Crippen molar-refractivity contribution in [3.05, 3.63) is 12.4 Å². The van der Waals surface area contributed by atoms with Crippen LogP contribution in [0.1, 0.15) is 27.2 Å². The fourth-order valence-electron chi connectivity index (χ4n) is 1.47. The van der Waals surface area contributed by atoms with Crippen LogP contribution in [-0.2, 0) is 6.54 Å². The summed E-state index contributed by atoms with van der Waals surface area (Å²) in [7, 11) is 0. The van der Waals surface area contributed by atoms with E-state index in [1.54, 1.807) is 0 Å². The summed E-state index contributed by atoms with van der Waals surface area (Å²) in [6.07, 6.45) is -0.409. The summed E-state index contributed by atoms with van der Waals surface area (Å²) >= 11 is 0. The molecule has 0 bridgehead atoms. The van der Waals surface area contributed by atoms with Crippen LogP contribution in [0.5, 0.6) is 0 Å². The highest BCUT2D eigenvalue weighted by atomic mass is 19.4. The number of anilines is 1. The van der Waals surface area contributed by atoms with E-state index in [9.17, 15) is 13.2 Å². The van der Waals surface area contributed by atoms with E-state index in [2.05, 4.69) is 24.3 Å². The Hall–Kier alpha value is -1.20. The summed E-state index contributed by atoms with van der Waals surface area (Å²) in [5.74, 6) is 0.459. The Morgan fingerprint density at radius 3 is 2.59 bits per heavy atom. The van der Waals surface area contributed by atoms with Gasteiger partial charge < -0.3 is 5.32 Å². The molecule has 1 heterocycles. The molecule has 98 valence electrons. The summed E-state index contributed by atoms with van der Waals surface area (Å²) in [5.41, 5.74) is 0.627. The predicted molar refractivity (Wildman–Crippen MR) is 60.8 cm³/mol. The van der Waals surface area contributed by atoms with E-state index in [1.165, 1.54) is 12.4 Å². The van der Waals surface area contributed by atoms with Gasteiger partial charge in [0.2, 0.25) is 0 Å². The zero-order chi connectivity index (χ0) is 13.1. The lowest BCUT2D eigenvalue weighted by Crippen LogP contribution is -2.23. The number of nitrogens with zero attached hydrogens (tertiary/aromatic N) is 2. The molecule has 0 radical (unpaired) electrons. The molecule has 0 spiro atoms. The Balaban J connectivity index is 2.57. The highest BCUT2D eigenvalue weighted by Crippen LogP contribution is 2.19. The van der Waals surface area contributed by atoms with Crippen LogP contribution >= 0.6 is 0 Å². The number of rotatable bonds is 5. The number of nitrogens with one attached hydrogen (secondary N) is 1. The van der Waals surface area contributed by atoms with Crippen molar-refractivity contribution < 1.29 is 13.2 Å². The summed E-state index contributed by atoms with van der Waals surface area (Å²) in [6, 6.07) is 0.212. The maximum Gasteiger partial charge on any atom is 0.408 e. The first kappa shape index (κ1) is 13.9. The molecule has 0 fully saturated rings. The number of aromatic nitrogens is 2. The average molecular weight is 249 g/mol. The lowest BCUT2D eigenvalue weighted by Gasteiger charge is -2.19. The van der Waals surface area contributed by atoms with Gasteiger partial charge in [-0.25, -0.2) is 0 Å². The van der Waals surface area contributed by atoms with Crippen molar-refractivity contribution in [2.45, 2.75) is 46.0 Å². The van der Waals surface area contributed by atoms with Crippen molar-refractivity contribution in [3.63, 3.8) is 0 Å². The molecule has 0 aromatic carbocycles. The topological polar surface area (TPSA) is 29.9 Å². The SMILES string of the molecule is CCC(C)C(C)Nc1cnn(CC(F)(F)F)c1. The smallest absolute Gasteiger partial charge is 0.380 e. The van der Waals surface area contributed by atoms with Gasteiger partial charge in [-0.05, 0) is 12.8 Å². The Morgan fingerprint density at radius 2 is 2.06 bits per heavy atom. The van der Waals surface area contributed by atoms with Gasteiger partial charge in [-0.15, -0.1) is 0 Å². The second kappa shape index (κ2) is 5.42. The molecule has 0 aliphatic heterocycles. The van der Waals surface area contributed by atoms with Crippen molar-refractivity contribution in [2.24, 2.45) is 5.92 Å². The van der Waals surface area contributed by atoms with Gasteiger partial charge in [0.05, 0.1) is 11.9 Å². The van der Waals surface area contributed by atoms with Gasteiger partial charge in [0.1, 0.15) is 6.54 Å². The molecule has 1 aromatic rings. The lowest BCUT2D eigenvalue weighted by molar-refractivity contribution is -0.142. The Labute approximate surface area is 99.0 Å². The molecule has 2 atom stereocenters. The summed E-state index contributed by atoms with van der Waals surface area (Å²) in [6.45, 7) is 5.13. The Morgan fingerprint density at radius 1 is 1.41 bits per heavy atom. The van der Waals surface area contributed by atoms with E-state index < -0.39 is 12.7 Å². The van der Waals surface area contributed by atoms with Crippen molar-refractivity contribution >= 4 is 5.69 Å². The Kier molecular flexibility index (Phi) is 4.42. The first-order chi connectivity index (χ1) is 7.81. The molecule has 3 nitrogen and oxygen atoms in total. The molecule has 0 aliphatic rings. The van der Waals surface area contributed by atoms with Crippen molar-refractivity contribution in [2.75, 3.05) is 5.32 Å². The maximum absolute atomic E-state index is 12.1. The van der Waals surface area contributed by atoms with Crippen molar-refractivity contribution in [1.29, 1.82) is 0 Å². The van der Waals surface area contributed by atoms with Crippen LogP contribution in [0.2, 0.25) is 0 Å². The second-order valence-corrected chi connectivity index (χ2v) is 4.36. The quantitative estimate of drug-likeness (QED) is 0.867. The minimum Gasteiger partial charge on any atom is -0.380 e. The van der Waals surface area contributed by atoms with Crippen LogP contribution in [0.15, 0.2) is 12.4 Å². The number of alkyl halides is 3. The third kappa shape index (κ3) is 4.66. The minimum atomic E-state index is -4.23. The third-order valence-electron chi connectivity index (χ3n) is 2.87. The van der Waals surface area contributed by atoms with Gasteiger partial charge in [-0.2, -0.15) is 18.3 Å². The molecular formula is C11H18F3N3. The largest absolute Gasteiger partial charge is 0.408 e. The molecule has 0 aliphatic carbocycles. The van der Waals surface area contributed by atoms with Crippen molar-refractivity contribution in [3.8, 4) is 0 Å². The van der Waals surface area contributed by atoms with Crippen LogP contribution < -0.4 is 5.32 Å². The zero-order valence-electron chi connectivity index (χ0n) is 10.3. The van der Waals surface area contributed by atoms with E-state index in [0.717, 1.165) is 11.1 Å². The van der Waals surface area contributed by atoms with Crippen LogP contribution in [0.25, 0.3) is 0 Å². The molecule has 1 aromatic heterocycles. The molecule has 1 rings (SSSR count). The third-order valence-corrected chi connectivity index (χ3v) is 2.87. The first-order valence-corrected chi connectivity index (χ1v) is 5.67. The van der Waals surface area contributed by atoms with E-state index in [4.69, 9.17) is 0 Å². The molecule has 2 unspecified atom stereocenters. The van der Waals surface area contributed by atoms with Crippen molar-refractivity contribution in [1.82, 2.24) is 9.78 Å². The summed E-state index contributed by atoms with van der Waals surface area (Å²) in [4.78, 5) is 0. The molecular weight excluding hydrogens is 231 g/mol. The molecule has 0 saturated carbocycles. The predicted octanol–water partition coefficient (Wildman–Crippen LogP) is 3.29. The molecule has 6 heteroatoms. The van der Waals surface area contributed by atoms with Gasteiger partial charge in [-0.1, -0.05) is 20.3 Å². The highest BCUT2D eigenvalue weighted by molar-refractivity contribution is 5.39. The Bertz CT molecular complexity index is 346. The van der Waals surface area contributed by atoms with Crippen LogP contribution in [0.4, 0.5) is 18.9 Å². The zero-order valence-corrected chi connectivity index (χ0v) is 10.3. The number of hydrogen-bond donors (Lipinski definition) is 1. The van der Waals surface area contributed by atoms with Gasteiger partial charge in [0.25, 0.3) is 0 Å². The number of halogens is 3. The highest BCUT2D eigenvalue weighted by Gasteiger charge is 2.28. The van der Waals surface area contributed by atoms with E-state index in [1.807, 2.05) is 6.92 Å². The van der Waals surface area contributed by atoms with Gasteiger partial charge in [0.15, 0.2) is 0 Å². The normalized spacial score (nSPS) is 15.6. The maximum atomic E-state index is 12.1. The van der Waals surface area contributed by atoms with Gasteiger partial charge in [0, 0.05) is 12.2 Å². The molecule has 1 N–H and O–H groups in total. The summed E-state index contributed by atoms with van der Waals surface area (Å²) < 4.78 is 37.2. The number of hydrogen-bond acceptors (Lipinski definition) is 2. The van der Waals surface area contributed by atoms with Crippen LogP contribution in [0, 0.1) is 5.92 Å². The minimum absolute atomic E-state index is 0.212. The fourth-order valence-corrected chi connectivity index (χ4v) is 1.47. The average Bonchev–Trinajstić information content (AvgIpc) is 2.61. The van der Waals surface area contributed by atoms with E-state index >= 15 is 0 Å². The van der Waals surface area contributed by atoms with Crippen LogP contribution in [0.3, 0.4) is 0 Å². The first-order valence-electron chi connectivity index (χ1n) is 5.67. The van der Waals surface area contributed by atoms with Gasteiger partial charge >= 0.3 is 6.18 Å². The lowest BCUT2D eigenvalue weighted by atomic mass is 10.0. The van der Waals surface area contributed by atoms with Gasteiger partial charge in [-0.3, -0.25) is 4.68 Å². The molecule has 0 amide bonds. The van der Waals surface area contributed by atoms with E-state index in [0.29, 0.717) is 11.6 Å². The van der Waals surface area contributed by atoms with E-state index in [-0.39, 0.29) is 6.04 Å². The molecule has 17 heavy (non-hydrogen) atoms. The fraction of sp³-hybridized carbons (Fsp3) is 0.727. The summed E-state index contributed by atoms with van der Waals surface area (Å²) in [5, 5.41) is 6.82. The monoisotopic (exact) mass is 249 g/mol. The standard InChI is InChI=1S/C11H18F3N3/c1-4-8(2)9(3)16-10-5-15-17(6-10)7-11(12,13)14/h5-6,8-9,16H,4,7H2,1-3H3.